The fraction of sp³-hybridized carbons (Fsp3) is 0.450. The molecule has 9 heteroatoms. The van der Waals surface area contributed by atoms with E-state index in [2.05, 4.69) is 10.6 Å². The second-order valence-electron chi connectivity index (χ2n) is 7.34. The van der Waals surface area contributed by atoms with Gasteiger partial charge in [0.05, 0.1) is 0 Å². The number of carbonyl (C=O) groups excluding carboxylic acids is 5. The molecule has 1 saturated heterocycles. The maximum Gasteiger partial charge on any atom is 0.326 e. The average Bonchev–Trinajstić information content (AvgIpc) is 2.94. The Morgan fingerprint density at radius 2 is 1.93 bits per heavy atom. The number of amides is 5. The van der Waals surface area contributed by atoms with Crippen LogP contribution in [0.25, 0.3) is 0 Å². The molecule has 1 aromatic carbocycles. The van der Waals surface area contributed by atoms with E-state index in [-0.39, 0.29) is 5.92 Å². The lowest BCUT2D eigenvalue weighted by Crippen LogP contribution is -2.54. The van der Waals surface area contributed by atoms with E-state index in [1.54, 1.807) is 18.2 Å². The second-order valence-corrected chi connectivity index (χ2v) is 7.34. The van der Waals surface area contributed by atoms with Crippen LogP contribution in [0.4, 0.5) is 4.79 Å². The summed E-state index contributed by atoms with van der Waals surface area (Å²) in [5, 5.41) is 4.84. The van der Waals surface area contributed by atoms with E-state index in [4.69, 9.17) is 4.74 Å². The van der Waals surface area contributed by atoms with Gasteiger partial charge in [0, 0.05) is 5.56 Å². The highest BCUT2D eigenvalue weighted by Crippen LogP contribution is 2.38. The van der Waals surface area contributed by atoms with Gasteiger partial charge in [0.25, 0.3) is 17.7 Å². The van der Waals surface area contributed by atoms with Crippen molar-refractivity contribution in [2.45, 2.75) is 38.1 Å². The molecule has 1 aliphatic heterocycles. The lowest BCUT2D eigenvalue weighted by molar-refractivity contribution is -0.151. The quantitative estimate of drug-likeness (QED) is 0.560. The van der Waals surface area contributed by atoms with E-state index in [1.165, 1.54) is 12.1 Å². The number of rotatable bonds is 5. The summed E-state index contributed by atoms with van der Waals surface area (Å²) in [6.45, 7) is 0.634. The predicted molar refractivity (Wildman–Crippen MR) is 100 cm³/mol. The maximum atomic E-state index is 12.8. The molecule has 5 amide bonds. The molecule has 2 aliphatic rings. The number of nitrogens with one attached hydrogen (secondary N) is 2. The Kier molecular flexibility index (Phi) is 5.95. The molecule has 1 heterocycles. The first kappa shape index (κ1) is 20.5. The summed E-state index contributed by atoms with van der Waals surface area (Å²) in [6, 6.07) is 7.47. The summed E-state index contributed by atoms with van der Waals surface area (Å²) in [5.74, 6) is -2.79. The Hall–Kier alpha value is -3.23. The minimum absolute atomic E-state index is 0.0245. The first-order valence-corrected chi connectivity index (χ1v) is 9.52. The topological polar surface area (TPSA) is 122 Å². The summed E-state index contributed by atoms with van der Waals surface area (Å²) >= 11 is 0. The average molecular weight is 401 g/mol. The Bertz CT molecular complexity index is 840. The van der Waals surface area contributed by atoms with Crippen molar-refractivity contribution in [3.05, 3.63) is 35.9 Å². The van der Waals surface area contributed by atoms with Crippen molar-refractivity contribution in [3.8, 4) is 0 Å². The molecule has 2 N–H and O–H groups in total. The number of carbonyl (C=O) groups is 5. The van der Waals surface area contributed by atoms with Gasteiger partial charge >= 0.3 is 12.0 Å². The zero-order valence-corrected chi connectivity index (χ0v) is 16.1. The zero-order valence-electron chi connectivity index (χ0n) is 16.1. The van der Waals surface area contributed by atoms with Gasteiger partial charge in [-0.2, -0.15) is 0 Å². The maximum absolute atomic E-state index is 12.8. The third-order valence-electron chi connectivity index (χ3n) is 5.44. The lowest BCUT2D eigenvalue weighted by Gasteiger charge is -2.36. The molecule has 1 aliphatic carbocycles. The predicted octanol–water partition coefficient (Wildman–Crippen LogP) is 0.987. The normalized spacial score (nSPS) is 23.6. The van der Waals surface area contributed by atoms with Crippen LogP contribution in [0, 0.1) is 5.92 Å². The molecule has 1 aromatic rings. The Balaban J connectivity index is 1.50. The van der Waals surface area contributed by atoms with Gasteiger partial charge in [-0.15, -0.1) is 0 Å². The monoisotopic (exact) mass is 401 g/mol. The summed E-state index contributed by atoms with van der Waals surface area (Å²) in [5.41, 5.74) is -0.673. The second kappa shape index (κ2) is 8.42. The number of esters is 1. The van der Waals surface area contributed by atoms with Crippen LogP contribution in [0.3, 0.4) is 0 Å². The molecule has 3 rings (SSSR count). The first-order chi connectivity index (χ1) is 13.8. The van der Waals surface area contributed by atoms with E-state index >= 15 is 0 Å². The number of hydrogen-bond acceptors (Lipinski definition) is 6. The summed E-state index contributed by atoms with van der Waals surface area (Å²) in [4.78, 5) is 61.6. The van der Waals surface area contributed by atoms with E-state index in [9.17, 15) is 24.0 Å². The zero-order chi connectivity index (χ0) is 21.0. The van der Waals surface area contributed by atoms with Crippen LogP contribution in [0.5, 0.6) is 0 Å². The SMILES string of the molecule is C[C@@H]1CCCC[C@@]12NC(=O)N(CC(=O)OCC(=O)NC(=O)c1ccccc1)C2=O. The van der Waals surface area contributed by atoms with Gasteiger partial charge < -0.3 is 10.1 Å². The summed E-state index contributed by atoms with van der Waals surface area (Å²) in [7, 11) is 0. The molecule has 0 aromatic heterocycles. The molecule has 2 atom stereocenters. The van der Waals surface area contributed by atoms with Gasteiger partial charge in [0.15, 0.2) is 6.61 Å². The van der Waals surface area contributed by atoms with Crippen molar-refractivity contribution in [2.75, 3.05) is 13.2 Å². The van der Waals surface area contributed by atoms with Gasteiger partial charge in [0.1, 0.15) is 12.1 Å². The van der Waals surface area contributed by atoms with E-state index in [0.717, 1.165) is 24.2 Å². The molecule has 0 unspecified atom stereocenters. The van der Waals surface area contributed by atoms with Crippen LogP contribution < -0.4 is 10.6 Å². The summed E-state index contributed by atoms with van der Waals surface area (Å²) in [6.07, 6.45) is 3.17. The first-order valence-electron chi connectivity index (χ1n) is 9.52. The smallest absolute Gasteiger partial charge is 0.326 e. The molecular weight excluding hydrogens is 378 g/mol. The standard InChI is InChI=1S/C20H23N3O6/c1-13-7-5-6-10-20(13)18(27)23(19(28)22-20)11-16(25)29-12-15(24)21-17(26)14-8-3-2-4-9-14/h2-4,8-9,13H,5-7,10-12H2,1H3,(H,22,28)(H,21,24,26)/t13-,20-/m1/s1. The highest BCUT2D eigenvalue weighted by atomic mass is 16.5. The number of benzene rings is 1. The molecule has 1 spiro atoms. The van der Waals surface area contributed by atoms with Crippen LogP contribution in [0.15, 0.2) is 30.3 Å². The van der Waals surface area contributed by atoms with Gasteiger partial charge in [-0.3, -0.25) is 29.4 Å². The highest BCUT2D eigenvalue weighted by molar-refractivity contribution is 6.09. The van der Waals surface area contributed by atoms with Crippen LogP contribution in [0.2, 0.25) is 0 Å². The third kappa shape index (κ3) is 4.28. The number of urea groups is 1. The lowest BCUT2D eigenvalue weighted by atomic mass is 9.73. The number of nitrogens with zero attached hydrogens (tertiary/aromatic N) is 1. The minimum Gasteiger partial charge on any atom is -0.454 e. The highest BCUT2D eigenvalue weighted by Gasteiger charge is 2.55. The molecular formula is C20H23N3O6. The molecule has 2 fully saturated rings. The van der Waals surface area contributed by atoms with E-state index in [1.807, 2.05) is 6.92 Å². The Labute approximate surface area is 167 Å². The van der Waals surface area contributed by atoms with Gasteiger partial charge in [-0.25, -0.2) is 4.79 Å². The number of ether oxygens (including phenoxy) is 1. The van der Waals surface area contributed by atoms with Gasteiger partial charge in [-0.05, 0) is 30.9 Å². The van der Waals surface area contributed by atoms with Gasteiger partial charge in [-0.1, -0.05) is 38.0 Å². The molecule has 1 saturated carbocycles. The molecule has 29 heavy (non-hydrogen) atoms. The molecule has 0 bridgehead atoms. The van der Waals surface area contributed by atoms with Crippen molar-refractivity contribution in [1.82, 2.24) is 15.5 Å². The minimum atomic E-state index is -0.963. The number of hydrogen-bond donors (Lipinski definition) is 2. The molecule has 0 radical (unpaired) electrons. The van der Waals surface area contributed by atoms with Crippen molar-refractivity contribution in [1.29, 1.82) is 0 Å². The number of imide groups is 2. The van der Waals surface area contributed by atoms with Crippen LogP contribution in [0.1, 0.15) is 43.0 Å². The van der Waals surface area contributed by atoms with Crippen molar-refractivity contribution >= 4 is 29.7 Å². The fourth-order valence-electron chi connectivity index (χ4n) is 3.78. The Morgan fingerprint density at radius 1 is 1.21 bits per heavy atom. The van der Waals surface area contributed by atoms with Crippen LogP contribution in [-0.2, 0) is 19.1 Å². The van der Waals surface area contributed by atoms with Gasteiger partial charge in [0.2, 0.25) is 0 Å². The van der Waals surface area contributed by atoms with Crippen molar-refractivity contribution < 1.29 is 28.7 Å². The fourth-order valence-corrected chi connectivity index (χ4v) is 3.78. The van der Waals surface area contributed by atoms with Crippen LogP contribution >= 0.6 is 0 Å². The largest absolute Gasteiger partial charge is 0.454 e. The van der Waals surface area contributed by atoms with E-state index in [0.29, 0.717) is 12.0 Å². The molecule has 154 valence electrons. The van der Waals surface area contributed by atoms with Crippen molar-refractivity contribution in [3.63, 3.8) is 0 Å². The Morgan fingerprint density at radius 3 is 2.62 bits per heavy atom. The summed E-state index contributed by atoms with van der Waals surface area (Å²) < 4.78 is 4.82. The molecule has 9 nitrogen and oxygen atoms in total. The third-order valence-corrected chi connectivity index (χ3v) is 5.44. The van der Waals surface area contributed by atoms with Crippen LogP contribution in [-0.4, -0.2) is 53.3 Å². The van der Waals surface area contributed by atoms with Crippen molar-refractivity contribution in [2.24, 2.45) is 5.92 Å². The van der Waals surface area contributed by atoms with E-state index < -0.39 is 48.4 Å².